The number of benzene rings is 2. The smallest absolute Gasteiger partial charge is 0.292 e. The normalized spacial score (nSPS) is 15.9. The van der Waals surface area contributed by atoms with E-state index in [0.717, 1.165) is 11.1 Å². The summed E-state index contributed by atoms with van der Waals surface area (Å²) in [5.41, 5.74) is 2.38. The van der Waals surface area contributed by atoms with Gasteiger partial charge in [0, 0.05) is 25.6 Å². The van der Waals surface area contributed by atoms with Crippen LogP contribution in [-0.4, -0.2) is 46.1 Å². The summed E-state index contributed by atoms with van der Waals surface area (Å²) in [5, 5.41) is 24.2. The van der Waals surface area contributed by atoms with Gasteiger partial charge in [0.2, 0.25) is 5.91 Å². The van der Waals surface area contributed by atoms with Gasteiger partial charge in [-0.3, -0.25) is 14.9 Å². The van der Waals surface area contributed by atoms with E-state index < -0.39 is 11.0 Å². The van der Waals surface area contributed by atoms with Crippen molar-refractivity contribution in [1.29, 1.82) is 0 Å². The summed E-state index contributed by atoms with van der Waals surface area (Å²) in [5.74, 6) is -0.106. The molecule has 1 fully saturated rings. The lowest BCUT2D eigenvalue weighted by atomic mass is 10.0. The molecule has 0 bridgehead atoms. The van der Waals surface area contributed by atoms with Crippen molar-refractivity contribution in [2.24, 2.45) is 0 Å². The Morgan fingerprint density at radius 3 is 2.50 bits per heavy atom. The number of piperidine rings is 1. The topological polar surface area (TPSA) is 95.7 Å². The Hall–Kier alpha value is -2.93. The molecule has 1 heterocycles. The molecule has 1 unspecified atom stereocenters. The number of nitro benzene ring substituents is 1. The minimum atomic E-state index is -0.626. The maximum atomic E-state index is 13.2. The van der Waals surface area contributed by atoms with E-state index in [2.05, 4.69) is 5.32 Å². The van der Waals surface area contributed by atoms with Crippen molar-refractivity contribution in [2.45, 2.75) is 38.3 Å². The highest BCUT2D eigenvalue weighted by Crippen LogP contribution is 2.25. The number of hydrogen-bond donors (Lipinski definition) is 2. The van der Waals surface area contributed by atoms with Crippen LogP contribution >= 0.6 is 0 Å². The Kier molecular flexibility index (Phi) is 6.26. The molecular formula is C21H25N3O4. The summed E-state index contributed by atoms with van der Waals surface area (Å²) in [7, 11) is 0. The van der Waals surface area contributed by atoms with Gasteiger partial charge in [-0.05, 0) is 31.4 Å². The summed E-state index contributed by atoms with van der Waals surface area (Å²) >= 11 is 0. The standard InChI is InChI=1S/C21H25N3O4/c1-15-6-8-16(9-7-15)14-19(21(26)23-12-10-17(25)11-13-23)22-18-4-2-3-5-20(18)24(27)28/h2-9,17,19,22,25H,10-14H2,1H3. The van der Waals surface area contributed by atoms with Crippen LogP contribution in [0.1, 0.15) is 24.0 Å². The van der Waals surface area contributed by atoms with Crippen LogP contribution in [0.3, 0.4) is 0 Å². The molecule has 0 aromatic heterocycles. The average molecular weight is 383 g/mol. The summed E-state index contributed by atoms with van der Waals surface area (Å²) in [6.07, 6.45) is 1.15. The minimum absolute atomic E-state index is 0.0572. The predicted octanol–water partition coefficient (Wildman–Crippen LogP) is 2.91. The molecule has 0 radical (unpaired) electrons. The van der Waals surface area contributed by atoms with E-state index >= 15 is 0 Å². The van der Waals surface area contributed by atoms with E-state index in [0.29, 0.717) is 38.0 Å². The summed E-state index contributed by atoms with van der Waals surface area (Å²) in [4.78, 5) is 25.8. The lowest BCUT2D eigenvalue weighted by Gasteiger charge is -2.33. The highest BCUT2D eigenvalue weighted by molar-refractivity contribution is 5.86. The first-order valence-corrected chi connectivity index (χ1v) is 9.46. The molecule has 1 amide bonds. The van der Waals surface area contributed by atoms with Crippen molar-refractivity contribution < 1.29 is 14.8 Å². The fourth-order valence-electron chi connectivity index (χ4n) is 3.41. The number of amides is 1. The van der Waals surface area contributed by atoms with Gasteiger partial charge >= 0.3 is 0 Å². The highest BCUT2D eigenvalue weighted by atomic mass is 16.6. The van der Waals surface area contributed by atoms with Gasteiger partial charge in [-0.2, -0.15) is 0 Å². The number of aliphatic hydroxyl groups excluding tert-OH is 1. The van der Waals surface area contributed by atoms with Crippen molar-refractivity contribution in [1.82, 2.24) is 4.90 Å². The minimum Gasteiger partial charge on any atom is -0.393 e. The molecule has 28 heavy (non-hydrogen) atoms. The Balaban J connectivity index is 1.84. The van der Waals surface area contributed by atoms with Crippen molar-refractivity contribution in [3.8, 4) is 0 Å². The SMILES string of the molecule is Cc1ccc(CC(Nc2ccccc2[N+](=O)[O-])C(=O)N2CCC(O)CC2)cc1. The molecule has 7 nitrogen and oxygen atoms in total. The molecule has 1 atom stereocenters. The number of nitrogens with zero attached hydrogens (tertiary/aromatic N) is 2. The van der Waals surface area contributed by atoms with Crippen molar-refractivity contribution in [2.75, 3.05) is 18.4 Å². The number of nitro groups is 1. The van der Waals surface area contributed by atoms with Crippen LogP contribution in [0.4, 0.5) is 11.4 Å². The quantitative estimate of drug-likeness (QED) is 0.591. The molecule has 1 aliphatic rings. The van der Waals surface area contributed by atoms with Crippen LogP contribution in [0.25, 0.3) is 0 Å². The number of carbonyl (C=O) groups excluding carboxylic acids is 1. The van der Waals surface area contributed by atoms with Gasteiger partial charge in [0.25, 0.3) is 5.69 Å². The van der Waals surface area contributed by atoms with Gasteiger partial charge in [-0.15, -0.1) is 0 Å². The van der Waals surface area contributed by atoms with E-state index in [1.165, 1.54) is 6.07 Å². The Bertz CT molecular complexity index is 830. The molecule has 1 aliphatic heterocycles. The summed E-state index contributed by atoms with van der Waals surface area (Å²) in [6.45, 7) is 2.98. The highest BCUT2D eigenvalue weighted by Gasteiger charge is 2.29. The molecule has 2 N–H and O–H groups in total. The number of nitrogens with one attached hydrogen (secondary N) is 1. The molecule has 0 saturated carbocycles. The maximum Gasteiger partial charge on any atom is 0.292 e. The summed E-state index contributed by atoms with van der Waals surface area (Å²) < 4.78 is 0. The van der Waals surface area contributed by atoms with Crippen LogP contribution in [0.5, 0.6) is 0 Å². The third kappa shape index (κ3) is 4.86. The number of hydrogen-bond acceptors (Lipinski definition) is 5. The van der Waals surface area contributed by atoms with Gasteiger partial charge in [-0.1, -0.05) is 42.0 Å². The lowest BCUT2D eigenvalue weighted by Crippen LogP contribution is -2.48. The van der Waals surface area contributed by atoms with Crippen molar-refractivity contribution >= 4 is 17.3 Å². The molecule has 7 heteroatoms. The number of para-hydroxylation sites is 2. The fourth-order valence-corrected chi connectivity index (χ4v) is 3.41. The zero-order valence-electron chi connectivity index (χ0n) is 15.9. The van der Waals surface area contributed by atoms with Gasteiger partial charge in [0.1, 0.15) is 11.7 Å². The van der Waals surface area contributed by atoms with E-state index in [4.69, 9.17) is 0 Å². The number of likely N-dealkylation sites (tertiary alicyclic amines) is 1. The van der Waals surface area contributed by atoms with Crippen molar-refractivity contribution in [3.05, 3.63) is 69.8 Å². The van der Waals surface area contributed by atoms with E-state index in [-0.39, 0.29) is 17.7 Å². The average Bonchev–Trinajstić information content (AvgIpc) is 2.69. The molecule has 0 spiro atoms. The van der Waals surface area contributed by atoms with Gasteiger partial charge < -0.3 is 15.3 Å². The first kappa shape index (κ1) is 19.8. The molecule has 0 aliphatic carbocycles. The predicted molar refractivity (Wildman–Crippen MR) is 107 cm³/mol. The second-order valence-electron chi connectivity index (χ2n) is 7.22. The molecular weight excluding hydrogens is 358 g/mol. The van der Waals surface area contributed by atoms with Crippen LogP contribution in [0.15, 0.2) is 48.5 Å². The number of rotatable bonds is 6. The monoisotopic (exact) mass is 383 g/mol. The lowest BCUT2D eigenvalue weighted by molar-refractivity contribution is -0.384. The summed E-state index contributed by atoms with van der Waals surface area (Å²) in [6, 6.07) is 13.6. The zero-order chi connectivity index (χ0) is 20.1. The third-order valence-corrected chi connectivity index (χ3v) is 5.07. The van der Waals surface area contributed by atoms with Crippen molar-refractivity contribution in [3.63, 3.8) is 0 Å². The van der Waals surface area contributed by atoms with Crippen LogP contribution < -0.4 is 5.32 Å². The van der Waals surface area contributed by atoms with Gasteiger partial charge in [0.15, 0.2) is 0 Å². The first-order valence-electron chi connectivity index (χ1n) is 9.46. The first-order chi connectivity index (χ1) is 13.4. The van der Waals surface area contributed by atoms with E-state index in [1.54, 1.807) is 23.1 Å². The Morgan fingerprint density at radius 2 is 1.86 bits per heavy atom. The zero-order valence-corrected chi connectivity index (χ0v) is 15.9. The number of carbonyl (C=O) groups is 1. The Labute approximate surface area is 164 Å². The van der Waals surface area contributed by atoms with Crippen LogP contribution in [-0.2, 0) is 11.2 Å². The van der Waals surface area contributed by atoms with Crippen LogP contribution in [0, 0.1) is 17.0 Å². The second kappa shape index (κ2) is 8.84. The van der Waals surface area contributed by atoms with Gasteiger partial charge in [0.05, 0.1) is 11.0 Å². The molecule has 2 aromatic rings. The third-order valence-electron chi connectivity index (χ3n) is 5.07. The largest absolute Gasteiger partial charge is 0.393 e. The van der Waals surface area contributed by atoms with E-state index in [1.807, 2.05) is 31.2 Å². The molecule has 3 rings (SSSR count). The molecule has 1 saturated heterocycles. The molecule has 2 aromatic carbocycles. The number of aryl methyl sites for hydroxylation is 1. The van der Waals surface area contributed by atoms with E-state index in [9.17, 15) is 20.0 Å². The van der Waals surface area contributed by atoms with Crippen LogP contribution in [0.2, 0.25) is 0 Å². The second-order valence-corrected chi connectivity index (χ2v) is 7.22. The Morgan fingerprint density at radius 1 is 1.21 bits per heavy atom. The van der Waals surface area contributed by atoms with Gasteiger partial charge in [-0.25, -0.2) is 0 Å². The number of aliphatic hydroxyl groups is 1. The number of anilines is 1. The molecule has 148 valence electrons. The fraction of sp³-hybridized carbons (Fsp3) is 0.381. The maximum absolute atomic E-state index is 13.2.